The molecule has 16 heavy (non-hydrogen) atoms. The van der Waals surface area contributed by atoms with E-state index in [9.17, 15) is 0 Å². The fourth-order valence-electron chi connectivity index (χ4n) is 2.02. The molecule has 0 aliphatic carbocycles. The molecule has 0 heterocycles. The Hall–Kier alpha value is 0.991. The summed E-state index contributed by atoms with van der Waals surface area (Å²) < 4.78 is 2.85. The second-order valence-corrected chi connectivity index (χ2v) is 17.5. The molecule has 0 unspecified atom stereocenters. The molecule has 0 aliphatic heterocycles. The van der Waals surface area contributed by atoms with E-state index in [1.165, 1.54) is 6.54 Å². The maximum absolute atomic E-state index is 4.04. The molecule has 1 nitrogen and oxygen atoms in total. The summed E-state index contributed by atoms with van der Waals surface area (Å²) in [7, 11) is -2.53. The molecule has 0 aromatic heterocycles. The van der Waals surface area contributed by atoms with Crippen LogP contribution in [0.5, 0.6) is 0 Å². The predicted molar refractivity (Wildman–Crippen MR) is 77.2 cm³/mol. The van der Waals surface area contributed by atoms with E-state index in [0.717, 1.165) is 6.42 Å². The average Bonchev–Trinajstić information content (AvgIpc) is 1.95. The Kier molecular flexibility index (Phi) is 7.54. The Bertz CT molecular complexity index is 204. The third kappa shape index (κ3) is 4.70. The normalized spacial score (nSPS) is 13.9. The van der Waals surface area contributed by atoms with Gasteiger partial charge in [0.2, 0.25) is 0 Å². The van der Waals surface area contributed by atoms with E-state index in [4.69, 9.17) is 0 Å². The summed E-state index contributed by atoms with van der Waals surface area (Å²) in [5.41, 5.74) is 0. The number of hydrogen-bond donors (Lipinski definition) is 0. The Morgan fingerprint density at radius 2 is 1.38 bits per heavy atom. The minimum atomic E-state index is -1.34. The monoisotopic (exact) mass is 251 g/mol. The van der Waals surface area contributed by atoms with Crippen LogP contribution in [0.15, 0.2) is 0 Å². The largest absolute Gasteiger partial charge is 1.00 e. The van der Waals surface area contributed by atoms with Gasteiger partial charge in [-0.3, -0.25) is 0 Å². The molecule has 0 aromatic carbocycles. The first-order valence-corrected chi connectivity index (χ1v) is 12.4. The summed E-state index contributed by atoms with van der Waals surface area (Å²) in [6, 6.07) is 0. The molecule has 0 saturated carbocycles. The summed E-state index contributed by atoms with van der Waals surface area (Å²) >= 11 is 0. The van der Waals surface area contributed by atoms with Gasteiger partial charge in [-0.05, 0) is 11.6 Å². The van der Waals surface area contributed by atoms with Gasteiger partial charge in [0.25, 0.3) is 0 Å². The van der Waals surface area contributed by atoms with Crippen LogP contribution in [0.4, 0.5) is 0 Å². The van der Waals surface area contributed by atoms with Gasteiger partial charge in [0.15, 0.2) is 0 Å². The smallest absolute Gasteiger partial charge is 0.348 e. The Labute approximate surface area is 118 Å². The molecule has 0 saturated heterocycles. The van der Waals surface area contributed by atoms with Crippen molar-refractivity contribution in [2.24, 2.45) is 0 Å². The van der Waals surface area contributed by atoms with Crippen LogP contribution in [0.2, 0.25) is 37.8 Å². The number of nitrogens with zero attached hydrogens (tertiary/aromatic N) is 1. The van der Waals surface area contributed by atoms with Gasteiger partial charge >= 0.3 is 18.9 Å². The van der Waals surface area contributed by atoms with Crippen LogP contribution >= 0.6 is 0 Å². The van der Waals surface area contributed by atoms with Gasteiger partial charge in [0, 0.05) is 0 Å². The summed E-state index contributed by atoms with van der Waals surface area (Å²) in [4.78, 5) is 0. The van der Waals surface area contributed by atoms with E-state index in [1.54, 1.807) is 0 Å². The van der Waals surface area contributed by atoms with Gasteiger partial charge in [0.1, 0.15) is 16.5 Å². The first-order chi connectivity index (χ1) is 6.44. The maximum atomic E-state index is 4.04. The Morgan fingerprint density at radius 1 is 1.00 bits per heavy atom. The summed E-state index contributed by atoms with van der Waals surface area (Å²) in [5.74, 6) is 0. The SMILES string of the molecule is [CH2-]CCN([Si](C)(C)C)[Si](C)(C)C(C)(C)C.[Li+]. The van der Waals surface area contributed by atoms with Crippen molar-refractivity contribution >= 4 is 16.5 Å². The minimum absolute atomic E-state index is 0. The third-order valence-electron chi connectivity index (χ3n) is 3.70. The molecular formula is C12H30LiNSi2. The molecule has 0 spiro atoms. The maximum Gasteiger partial charge on any atom is 1.00 e. The van der Waals surface area contributed by atoms with Crippen molar-refractivity contribution in [3.05, 3.63) is 6.92 Å². The zero-order valence-electron chi connectivity index (χ0n) is 13.1. The molecule has 0 aliphatic rings. The minimum Gasteiger partial charge on any atom is -0.348 e. The first-order valence-electron chi connectivity index (χ1n) is 6.01. The topological polar surface area (TPSA) is 3.24 Å². The van der Waals surface area contributed by atoms with E-state index >= 15 is 0 Å². The van der Waals surface area contributed by atoms with Gasteiger partial charge in [-0.15, -0.1) is 0 Å². The standard InChI is InChI=1S/C12H30NSi2.Li/c1-10-11-13(14(5,6)7)15(8,9)12(2,3)4;/h1,10-11H2,2-9H3;/q-1;+1. The Balaban J connectivity index is 0. The fraction of sp³-hybridized carbons (Fsp3) is 0.917. The second kappa shape index (κ2) is 6.24. The van der Waals surface area contributed by atoms with Crippen LogP contribution in [0.1, 0.15) is 27.2 Å². The third-order valence-corrected chi connectivity index (χ3v) is 14.5. The summed E-state index contributed by atoms with van der Waals surface area (Å²) in [6.07, 6.45) is 1.04. The molecule has 92 valence electrons. The summed E-state index contributed by atoms with van der Waals surface area (Å²) in [5, 5.41) is 0.447. The van der Waals surface area contributed by atoms with Crippen LogP contribution in [0, 0.1) is 6.92 Å². The van der Waals surface area contributed by atoms with Gasteiger partial charge < -0.3 is 11.2 Å². The molecule has 0 rings (SSSR count). The van der Waals surface area contributed by atoms with Crippen molar-refractivity contribution in [2.45, 2.75) is 65.0 Å². The van der Waals surface area contributed by atoms with Crippen molar-refractivity contribution in [1.82, 2.24) is 4.23 Å². The van der Waals surface area contributed by atoms with Gasteiger partial charge in [0.05, 0.1) is 0 Å². The molecule has 0 bridgehead atoms. The van der Waals surface area contributed by atoms with Gasteiger partial charge in [-0.1, -0.05) is 53.5 Å². The predicted octanol–water partition coefficient (Wildman–Crippen LogP) is 1.36. The fourth-order valence-corrected chi connectivity index (χ4v) is 12.1. The van der Waals surface area contributed by atoms with E-state index in [0.29, 0.717) is 5.04 Å². The summed E-state index contributed by atoms with van der Waals surface area (Å²) in [6.45, 7) is 24.8. The van der Waals surface area contributed by atoms with Gasteiger partial charge in [-0.25, -0.2) is 0 Å². The molecule has 0 amide bonds. The first kappa shape index (κ1) is 19.3. The van der Waals surface area contributed by atoms with Crippen molar-refractivity contribution in [2.75, 3.05) is 6.54 Å². The molecule has 0 fully saturated rings. The second-order valence-electron chi connectivity index (χ2n) is 6.99. The molecule has 0 N–H and O–H groups in total. The van der Waals surface area contributed by atoms with Crippen molar-refractivity contribution in [1.29, 1.82) is 0 Å². The van der Waals surface area contributed by atoms with E-state index in [-0.39, 0.29) is 18.9 Å². The van der Waals surface area contributed by atoms with Crippen LogP contribution < -0.4 is 18.9 Å². The number of hydrogen-bond acceptors (Lipinski definition) is 1. The zero-order chi connectivity index (χ0) is 12.5. The van der Waals surface area contributed by atoms with Crippen LogP contribution in [-0.4, -0.2) is 27.2 Å². The van der Waals surface area contributed by atoms with E-state index in [1.807, 2.05) is 0 Å². The molecule has 0 atom stereocenters. The molecule has 0 radical (unpaired) electrons. The average molecular weight is 251 g/mol. The van der Waals surface area contributed by atoms with E-state index in [2.05, 4.69) is 64.7 Å². The van der Waals surface area contributed by atoms with Crippen molar-refractivity contribution in [3.63, 3.8) is 0 Å². The number of rotatable bonds is 4. The van der Waals surface area contributed by atoms with Crippen LogP contribution in [-0.2, 0) is 0 Å². The van der Waals surface area contributed by atoms with Crippen LogP contribution in [0.25, 0.3) is 0 Å². The van der Waals surface area contributed by atoms with Gasteiger partial charge in [-0.2, -0.15) is 6.42 Å². The van der Waals surface area contributed by atoms with Crippen molar-refractivity contribution < 1.29 is 18.9 Å². The van der Waals surface area contributed by atoms with Crippen LogP contribution in [0.3, 0.4) is 0 Å². The molecule has 4 heteroatoms. The quantitative estimate of drug-likeness (QED) is 0.539. The zero-order valence-corrected chi connectivity index (χ0v) is 15.1. The Morgan fingerprint density at radius 3 is 1.56 bits per heavy atom. The van der Waals surface area contributed by atoms with E-state index < -0.39 is 16.5 Å². The molecular weight excluding hydrogens is 221 g/mol. The molecule has 0 aromatic rings. The van der Waals surface area contributed by atoms with Crippen molar-refractivity contribution in [3.8, 4) is 0 Å².